The number of nitrogens with zero attached hydrogens (tertiary/aromatic N) is 2. The van der Waals surface area contributed by atoms with E-state index in [2.05, 4.69) is 9.97 Å². The lowest BCUT2D eigenvalue weighted by atomic mass is 10.0. The van der Waals surface area contributed by atoms with Gasteiger partial charge in [0.15, 0.2) is 0 Å². The molecule has 1 aromatic heterocycles. The normalized spacial score (nSPS) is 17.6. The van der Waals surface area contributed by atoms with Crippen LogP contribution in [0.1, 0.15) is 47.9 Å². The first-order chi connectivity index (χ1) is 12.0. The number of carbonyl (C=O) groups excluding carboxylic acids is 1. The van der Waals surface area contributed by atoms with Crippen molar-refractivity contribution >= 4 is 29.1 Å². The summed E-state index contributed by atoms with van der Waals surface area (Å²) in [4.78, 5) is 33.7. The van der Waals surface area contributed by atoms with Gasteiger partial charge in [-0.15, -0.1) is 0 Å². The lowest BCUT2D eigenvalue weighted by Gasteiger charge is -2.33. The number of carbonyl (C=O) groups is 1. The molecular formula is C18H19Cl2N3O2. The summed E-state index contributed by atoms with van der Waals surface area (Å²) in [5.74, 6) is 0.159. The molecule has 0 unspecified atom stereocenters. The van der Waals surface area contributed by atoms with Crippen LogP contribution in [-0.2, 0) is 6.42 Å². The smallest absolute Gasteiger partial charge is 0.263 e. The second kappa shape index (κ2) is 7.58. The van der Waals surface area contributed by atoms with Gasteiger partial charge in [-0.2, -0.15) is 0 Å². The van der Waals surface area contributed by atoms with E-state index in [-0.39, 0.29) is 17.5 Å². The molecule has 0 radical (unpaired) electrons. The summed E-state index contributed by atoms with van der Waals surface area (Å²) in [6.07, 6.45) is 4.67. The van der Waals surface area contributed by atoms with Gasteiger partial charge < -0.3 is 9.88 Å². The highest BCUT2D eigenvalue weighted by Gasteiger charge is 2.26. The van der Waals surface area contributed by atoms with Crippen molar-refractivity contribution in [3.8, 4) is 0 Å². The van der Waals surface area contributed by atoms with Gasteiger partial charge in [0, 0.05) is 35.2 Å². The number of piperidine rings is 1. The Balaban J connectivity index is 1.84. The Bertz CT molecular complexity index is 830. The van der Waals surface area contributed by atoms with Crippen molar-refractivity contribution in [1.82, 2.24) is 14.9 Å². The Labute approximate surface area is 156 Å². The van der Waals surface area contributed by atoms with E-state index in [0.29, 0.717) is 34.4 Å². The minimum Gasteiger partial charge on any atom is -0.336 e. The summed E-state index contributed by atoms with van der Waals surface area (Å²) >= 11 is 12.3. The topological polar surface area (TPSA) is 66.1 Å². The summed E-state index contributed by atoms with van der Waals surface area (Å²) in [7, 11) is 0. The largest absolute Gasteiger partial charge is 0.336 e. The Morgan fingerprint density at radius 2 is 2.04 bits per heavy atom. The zero-order valence-corrected chi connectivity index (χ0v) is 15.4. The van der Waals surface area contributed by atoms with Gasteiger partial charge in [-0.25, -0.2) is 4.98 Å². The first kappa shape index (κ1) is 18.0. The zero-order valence-electron chi connectivity index (χ0n) is 13.9. The van der Waals surface area contributed by atoms with E-state index >= 15 is 0 Å². The van der Waals surface area contributed by atoms with Crippen LogP contribution in [0.3, 0.4) is 0 Å². The number of H-pyrrole nitrogens is 1. The molecular weight excluding hydrogens is 361 g/mol. The molecule has 2 heterocycles. The van der Waals surface area contributed by atoms with Crippen molar-refractivity contribution in [2.75, 3.05) is 6.54 Å². The van der Waals surface area contributed by atoms with Crippen molar-refractivity contribution in [1.29, 1.82) is 0 Å². The van der Waals surface area contributed by atoms with Crippen LogP contribution < -0.4 is 5.56 Å². The number of hydrogen-bond acceptors (Lipinski definition) is 3. The van der Waals surface area contributed by atoms with Gasteiger partial charge in [0.2, 0.25) is 0 Å². The van der Waals surface area contributed by atoms with Crippen LogP contribution >= 0.6 is 23.2 Å². The number of nitrogens with one attached hydrogen (secondary N) is 1. The van der Waals surface area contributed by atoms with E-state index in [4.69, 9.17) is 23.2 Å². The van der Waals surface area contributed by atoms with Crippen LogP contribution in [0, 0.1) is 0 Å². The van der Waals surface area contributed by atoms with Gasteiger partial charge in [-0.05, 0) is 43.9 Å². The Morgan fingerprint density at radius 3 is 2.68 bits per heavy atom. The van der Waals surface area contributed by atoms with Crippen LogP contribution in [0.2, 0.25) is 10.0 Å². The molecule has 1 saturated heterocycles. The van der Waals surface area contributed by atoms with Gasteiger partial charge in [-0.1, -0.05) is 29.3 Å². The van der Waals surface area contributed by atoms with Crippen LogP contribution in [-0.4, -0.2) is 33.4 Å². The predicted octanol–water partition coefficient (Wildman–Crippen LogP) is 3.68. The van der Waals surface area contributed by atoms with Gasteiger partial charge in [0.1, 0.15) is 11.4 Å². The SMILES string of the molecule is C[C@@H]1CCCCN1C(=O)c1cnc(Cc2c(Cl)cccc2Cl)[nH]c1=O. The number of hydrogen-bond donors (Lipinski definition) is 1. The van der Waals surface area contributed by atoms with Crippen molar-refractivity contribution in [3.05, 3.63) is 61.7 Å². The molecule has 2 aromatic rings. The van der Waals surface area contributed by atoms with E-state index in [1.54, 1.807) is 23.1 Å². The van der Waals surface area contributed by atoms with Crippen LogP contribution in [0.15, 0.2) is 29.2 Å². The number of aromatic nitrogens is 2. The molecule has 0 spiro atoms. The van der Waals surface area contributed by atoms with Crippen LogP contribution in [0.25, 0.3) is 0 Å². The maximum absolute atomic E-state index is 12.6. The minimum absolute atomic E-state index is 0.0720. The van der Waals surface area contributed by atoms with Crippen LogP contribution in [0.4, 0.5) is 0 Å². The van der Waals surface area contributed by atoms with Crippen molar-refractivity contribution in [2.24, 2.45) is 0 Å². The van der Waals surface area contributed by atoms with Crippen LogP contribution in [0.5, 0.6) is 0 Å². The molecule has 0 bridgehead atoms. The lowest BCUT2D eigenvalue weighted by Crippen LogP contribution is -2.44. The number of halogens is 2. The molecule has 1 aliphatic rings. The van der Waals surface area contributed by atoms with E-state index in [0.717, 1.165) is 19.3 Å². The average molecular weight is 380 g/mol. The number of likely N-dealkylation sites (tertiary alicyclic amines) is 1. The first-order valence-electron chi connectivity index (χ1n) is 8.29. The molecule has 7 heteroatoms. The van der Waals surface area contributed by atoms with Gasteiger partial charge in [0.25, 0.3) is 11.5 Å². The fourth-order valence-corrected chi connectivity index (χ4v) is 3.63. The molecule has 0 aliphatic carbocycles. The molecule has 1 aromatic carbocycles. The zero-order chi connectivity index (χ0) is 18.0. The Hall–Kier alpha value is -1.85. The summed E-state index contributed by atoms with van der Waals surface area (Å²) in [5, 5.41) is 1.02. The molecule has 1 N–H and O–H groups in total. The molecule has 132 valence electrons. The van der Waals surface area contributed by atoms with Gasteiger partial charge in [0.05, 0.1) is 0 Å². The third-order valence-electron chi connectivity index (χ3n) is 4.55. The third kappa shape index (κ3) is 3.88. The first-order valence-corrected chi connectivity index (χ1v) is 9.05. The molecule has 1 amide bonds. The van der Waals surface area contributed by atoms with Gasteiger partial charge >= 0.3 is 0 Å². The number of rotatable bonds is 3. The second-order valence-corrected chi connectivity index (χ2v) is 7.11. The molecule has 1 atom stereocenters. The van der Waals surface area contributed by atoms with Crippen molar-refractivity contribution < 1.29 is 4.79 Å². The van der Waals surface area contributed by atoms with E-state index < -0.39 is 5.56 Å². The minimum atomic E-state index is -0.434. The Morgan fingerprint density at radius 1 is 1.32 bits per heavy atom. The number of amides is 1. The summed E-state index contributed by atoms with van der Waals surface area (Å²) in [6, 6.07) is 5.36. The third-order valence-corrected chi connectivity index (χ3v) is 5.26. The number of benzene rings is 1. The highest BCUT2D eigenvalue weighted by atomic mass is 35.5. The quantitative estimate of drug-likeness (QED) is 0.884. The lowest BCUT2D eigenvalue weighted by molar-refractivity contribution is 0.0633. The molecule has 1 fully saturated rings. The molecule has 25 heavy (non-hydrogen) atoms. The van der Waals surface area contributed by atoms with E-state index in [1.165, 1.54) is 6.20 Å². The maximum Gasteiger partial charge on any atom is 0.263 e. The average Bonchev–Trinajstić information content (AvgIpc) is 2.58. The van der Waals surface area contributed by atoms with Gasteiger partial charge in [-0.3, -0.25) is 9.59 Å². The fourth-order valence-electron chi connectivity index (χ4n) is 3.10. The summed E-state index contributed by atoms with van der Waals surface area (Å²) < 4.78 is 0. The molecule has 1 aliphatic heterocycles. The standard InChI is InChI=1S/C18H19Cl2N3O2/c1-11-5-2-3-8-23(11)18(25)13-10-21-16(22-17(13)24)9-12-14(19)6-4-7-15(12)20/h4,6-7,10-11H,2-3,5,8-9H2,1H3,(H,21,22,24)/t11-/m1/s1. The predicted molar refractivity (Wildman–Crippen MR) is 98.5 cm³/mol. The van der Waals surface area contributed by atoms with Crippen molar-refractivity contribution in [3.63, 3.8) is 0 Å². The van der Waals surface area contributed by atoms with E-state index in [9.17, 15) is 9.59 Å². The van der Waals surface area contributed by atoms with E-state index in [1.807, 2.05) is 6.92 Å². The maximum atomic E-state index is 12.6. The number of aromatic amines is 1. The molecule has 5 nitrogen and oxygen atoms in total. The molecule has 0 saturated carbocycles. The van der Waals surface area contributed by atoms with Crippen molar-refractivity contribution in [2.45, 2.75) is 38.6 Å². The highest BCUT2D eigenvalue weighted by molar-refractivity contribution is 6.36. The second-order valence-electron chi connectivity index (χ2n) is 6.29. The fraction of sp³-hybridized carbons (Fsp3) is 0.389. The summed E-state index contributed by atoms with van der Waals surface area (Å²) in [6.45, 7) is 2.68. The summed E-state index contributed by atoms with van der Waals surface area (Å²) in [5.41, 5.74) is 0.330. The Kier molecular flexibility index (Phi) is 5.45. The highest BCUT2D eigenvalue weighted by Crippen LogP contribution is 2.25. The monoisotopic (exact) mass is 379 g/mol. The molecule has 3 rings (SSSR count).